The first-order valence-corrected chi connectivity index (χ1v) is 9.11. The number of hydrogen-bond acceptors (Lipinski definition) is 7. The van der Waals surface area contributed by atoms with Gasteiger partial charge < -0.3 is 28.6 Å². The molecule has 0 spiro atoms. The van der Waals surface area contributed by atoms with Crippen molar-refractivity contribution in [2.75, 3.05) is 34.2 Å². The third kappa shape index (κ3) is 4.71. The van der Waals surface area contributed by atoms with Crippen LogP contribution in [-0.4, -0.2) is 50.9 Å². The molecule has 0 bridgehead atoms. The van der Waals surface area contributed by atoms with Gasteiger partial charge >= 0.3 is 5.97 Å². The number of carbonyl (C=O) groups is 2. The highest BCUT2D eigenvalue weighted by molar-refractivity contribution is 5.92. The normalized spacial score (nSPS) is 11.7. The Labute approximate surface area is 168 Å². The molecule has 1 aliphatic heterocycles. The standard InChI is InChI=1S/C21H23NO7/c1-4-22(11-14-5-7-16(25-2)18(9-14)26-3)20(23)12-27-21(24)15-6-8-17-19(10-15)29-13-28-17/h5-10H,4,11-13H2,1-3H3. The SMILES string of the molecule is CCN(Cc1ccc(OC)c(OC)c1)C(=O)COC(=O)c1ccc2c(c1)OCO2. The minimum Gasteiger partial charge on any atom is -0.493 e. The molecule has 8 heteroatoms. The first kappa shape index (κ1) is 20.3. The summed E-state index contributed by atoms with van der Waals surface area (Å²) in [5.74, 6) is 1.36. The van der Waals surface area contributed by atoms with E-state index in [4.69, 9.17) is 23.7 Å². The first-order chi connectivity index (χ1) is 14.0. The average Bonchev–Trinajstić information content (AvgIpc) is 3.23. The van der Waals surface area contributed by atoms with Crippen molar-refractivity contribution in [3.8, 4) is 23.0 Å². The summed E-state index contributed by atoms with van der Waals surface area (Å²) in [5, 5.41) is 0. The van der Waals surface area contributed by atoms with Gasteiger partial charge in [0.05, 0.1) is 19.8 Å². The number of carbonyl (C=O) groups excluding carboxylic acids is 2. The van der Waals surface area contributed by atoms with Crippen LogP contribution < -0.4 is 18.9 Å². The fourth-order valence-corrected chi connectivity index (χ4v) is 2.90. The highest BCUT2D eigenvalue weighted by Gasteiger charge is 2.19. The molecule has 0 saturated carbocycles. The summed E-state index contributed by atoms with van der Waals surface area (Å²) in [7, 11) is 3.12. The molecule has 29 heavy (non-hydrogen) atoms. The number of benzene rings is 2. The second-order valence-electron chi connectivity index (χ2n) is 6.24. The Balaban J connectivity index is 1.59. The molecular formula is C21H23NO7. The Morgan fingerprint density at radius 2 is 1.76 bits per heavy atom. The number of hydrogen-bond donors (Lipinski definition) is 0. The van der Waals surface area contributed by atoms with Crippen molar-refractivity contribution in [2.24, 2.45) is 0 Å². The smallest absolute Gasteiger partial charge is 0.338 e. The molecule has 1 heterocycles. The van der Waals surface area contributed by atoms with E-state index in [1.54, 1.807) is 37.3 Å². The van der Waals surface area contributed by atoms with E-state index in [1.807, 2.05) is 19.1 Å². The van der Waals surface area contributed by atoms with Gasteiger partial charge in [-0.15, -0.1) is 0 Å². The molecule has 0 aromatic heterocycles. The van der Waals surface area contributed by atoms with Gasteiger partial charge in [-0.2, -0.15) is 0 Å². The molecule has 0 atom stereocenters. The van der Waals surface area contributed by atoms with Crippen LogP contribution in [0.25, 0.3) is 0 Å². The number of amides is 1. The summed E-state index contributed by atoms with van der Waals surface area (Å²) >= 11 is 0. The van der Waals surface area contributed by atoms with Crippen molar-refractivity contribution < 1.29 is 33.3 Å². The van der Waals surface area contributed by atoms with Crippen molar-refractivity contribution in [1.29, 1.82) is 0 Å². The third-order valence-electron chi connectivity index (χ3n) is 4.49. The second kappa shape index (κ2) is 9.18. The minimum atomic E-state index is -0.598. The predicted molar refractivity (Wildman–Crippen MR) is 103 cm³/mol. The van der Waals surface area contributed by atoms with Gasteiger partial charge in [-0.3, -0.25) is 4.79 Å². The molecule has 1 amide bonds. The number of methoxy groups -OCH3 is 2. The minimum absolute atomic E-state index is 0.119. The number of likely N-dealkylation sites (N-methyl/N-ethyl adjacent to an activating group) is 1. The lowest BCUT2D eigenvalue weighted by molar-refractivity contribution is -0.134. The Bertz CT molecular complexity index is 897. The average molecular weight is 401 g/mol. The fraction of sp³-hybridized carbons (Fsp3) is 0.333. The van der Waals surface area contributed by atoms with Gasteiger partial charge in [0.1, 0.15) is 0 Å². The molecule has 2 aromatic rings. The van der Waals surface area contributed by atoms with Crippen molar-refractivity contribution in [3.63, 3.8) is 0 Å². The van der Waals surface area contributed by atoms with Gasteiger partial charge in [-0.25, -0.2) is 4.79 Å². The summed E-state index contributed by atoms with van der Waals surface area (Å²) in [6.07, 6.45) is 0. The summed E-state index contributed by atoms with van der Waals surface area (Å²) < 4.78 is 26.2. The maximum absolute atomic E-state index is 12.5. The van der Waals surface area contributed by atoms with Gasteiger partial charge in [-0.1, -0.05) is 6.07 Å². The molecule has 0 fully saturated rings. The zero-order chi connectivity index (χ0) is 20.8. The van der Waals surface area contributed by atoms with E-state index < -0.39 is 5.97 Å². The third-order valence-corrected chi connectivity index (χ3v) is 4.49. The van der Waals surface area contributed by atoms with Crippen molar-refractivity contribution >= 4 is 11.9 Å². The monoisotopic (exact) mass is 401 g/mol. The maximum Gasteiger partial charge on any atom is 0.338 e. The lowest BCUT2D eigenvalue weighted by Gasteiger charge is -2.21. The van der Waals surface area contributed by atoms with Crippen LogP contribution in [0.3, 0.4) is 0 Å². The number of esters is 1. The van der Waals surface area contributed by atoms with Gasteiger partial charge in [0.15, 0.2) is 29.6 Å². The quantitative estimate of drug-likeness (QED) is 0.629. The topological polar surface area (TPSA) is 83.5 Å². The van der Waals surface area contributed by atoms with Crippen LogP contribution >= 0.6 is 0 Å². The molecule has 3 rings (SSSR count). The van der Waals surface area contributed by atoms with Crippen LogP contribution in [0.2, 0.25) is 0 Å². The Hall–Kier alpha value is -3.42. The van der Waals surface area contributed by atoms with Crippen LogP contribution in [0.5, 0.6) is 23.0 Å². The summed E-state index contributed by atoms with van der Waals surface area (Å²) in [5.41, 5.74) is 1.17. The number of nitrogens with zero attached hydrogens (tertiary/aromatic N) is 1. The molecule has 154 valence electrons. The van der Waals surface area contributed by atoms with Crippen molar-refractivity contribution in [3.05, 3.63) is 47.5 Å². The Kier molecular flexibility index (Phi) is 6.43. The van der Waals surface area contributed by atoms with E-state index in [0.29, 0.717) is 41.7 Å². The summed E-state index contributed by atoms with van der Waals surface area (Å²) in [6.45, 7) is 2.45. The number of ether oxygens (including phenoxy) is 5. The molecule has 2 aromatic carbocycles. The zero-order valence-corrected chi connectivity index (χ0v) is 16.6. The van der Waals surface area contributed by atoms with Crippen LogP contribution in [0.1, 0.15) is 22.8 Å². The van der Waals surface area contributed by atoms with Gasteiger partial charge in [0, 0.05) is 13.1 Å². The van der Waals surface area contributed by atoms with E-state index in [2.05, 4.69) is 0 Å². The van der Waals surface area contributed by atoms with E-state index in [9.17, 15) is 9.59 Å². The van der Waals surface area contributed by atoms with E-state index in [-0.39, 0.29) is 19.3 Å². The van der Waals surface area contributed by atoms with E-state index in [1.165, 1.54) is 6.07 Å². The molecule has 0 unspecified atom stereocenters. The highest BCUT2D eigenvalue weighted by Crippen LogP contribution is 2.32. The van der Waals surface area contributed by atoms with E-state index >= 15 is 0 Å². The van der Waals surface area contributed by atoms with Crippen LogP contribution in [0, 0.1) is 0 Å². The van der Waals surface area contributed by atoms with E-state index in [0.717, 1.165) is 5.56 Å². The van der Waals surface area contributed by atoms with Crippen molar-refractivity contribution in [2.45, 2.75) is 13.5 Å². The lowest BCUT2D eigenvalue weighted by atomic mass is 10.2. The number of fused-ring (bicyclic) bond motifs is 1. The highest BCUT2D eigenvalue weighted by atomic mass is 16.7. The van der Waals surface area contributed by atoms with Gasteiger partial charge in [0.2, 0.25) is 6.79 Å². The Morgan fingerprint density at radius 3 is 2.48 bits per heavy atom. The molecule has 0 radical (unpaired) electrons. The fourth-order valence-electron chi connectivity index (χ4n) is 2.90. The zero-order valence-electron chi connectivity index (χ0n) is 16.6. The van der Waals surface area contributed by atoms with Crippen LogP contribution in [0.4, 0.5) is 0 Å². The van der Waals surface area contributed by atoms with Crippen molar-refractivity contribution in [1.82, 2.24) is 4.90 Å². The summed E-state index contributed by atoms with van der Waals surface area (Å²) in [4.78, 5) is 26.4. The summed E-state index contributed by atoms with van der Waals surface area (Å²) in [6, 6.07) is 10.2. The van der Waals surface area contributed by atoms with Crippen LogP contribution in [-0.2, 0) is 16.1 Å². The lowest BCUT2D eigenvalue weighted by Crippen LogP contribution is -2.34. The molecule has 0 aliphatic carbocycles. The Morgan fingerprint density at radius 1 is 1.00 bits per heavy atom. The largest absolute Gasteiger partial charge is 0.493 e. The molecule has 1 aliphatic rings. The molecule has 0 saturated heterocycles. The van der Waals surface area contributed by atoms with Gasteiger partial charge in [0.25, 0.3) is 5.91 Å². The second-order valence-corrected chi connectivity index (χ2v) is 6.24. The van der Waals surface area contributed by atoms with Gasteiger partial charge in [-0.05, 0) is 42.8 Å². The van der Waals surface area contributed by atoms with Crippen LogP contribution in [0.15, 0.2) is 36.4 Å². The first-order valence-electron chi connectivity index (χ1n) is 9.11. The number of rotatable bonds is 8. The molecule has 8 nitrogen and oxygen atoms in total. The molecular weight excluding hydrogens is 378 g/mol. The predicted octanol–water partition coefficient (Wildman–Crippen LogP) is 2.64. The molecule has 0 N–H and O–H groups in total. The maximum atomic E-state index is 12.5.